The molecule has 1 saturated heterocycles. The molecule has 0 spiro atoms. The predicted octanol–water partition coefficient (Wildman–Crippen LogP) is 4.02. The number of nitrogens with one attached hydrogen (secondary N) is 1. The van der Waals surface area contributed by atoms with Gasteiger partial charge in [-0.3, -0.25) is 9.59 Å². The summed E-state index contributed by atoms with van der Waals surface area (Å²) in [6.07, 6.45) is 0.0452. The molecule has 2 amide bonds. The van der Waals surface area contributed by atoms with Crippen molar-refractivity contribution < 1.29 is 18.0 Å². The van der Waals surface area contributed by atoms with Crippen molar-refractivity contribution in [3.8, 4) is 0 Å². The van der Waals surface area contributed by atoms with E-state index in [1.165, 1.54) is 21.3 Å². The molecule has 1 unspecified atom stereocenters. The van der Waals surface area contributed by atoms with Gasteiger partial charge >= 0.3 is 0 Å². The fourth-order valence-electron chi connectivity index (χ4n) is 3.47. The van der Waals surface area contributed by atoms with Crippen molar-refractivity contribution >= 4 is 56.4 Å². The summed E-state index contributed by atoms with van der Waals surface area (Å²) in [6.45, 7) is 4.49. The molecule has 2 aromatic carbocycles. The van der Waals surface area contributed by atoms with E-state index in [9.17, 15) is 18.0 Å². The van der Waals surface area contributed by atoms with E-state index in [4.69, 9.17) is 23.2 Å². The maximum Gasteiger partial charge on any atom is 0.243 e. The van der Waals surface area contributed by atoms with Crippen LogP contribution in [0.15, 0.2) is 47.4 Å². The van der Waals surface area contributed by atoms with Crippen molar-refractivity contribution in [1.29, 1.82) is 0 Å². The lowest BCUT2D eigenvalue weighted by Crippen LogP contribution is -2.31. The van der Waals surface area contributed by atoms with Gasteiger partial charge in [0.05, 0.1) is 21.5 Å². The van der Waals surface area contributed by atoms with E-state index >= 15 is 0 Å². The van der Waals surface area contributed by atoms with Gasteiger partial charge in [-0.05, 0) is 42.5 Å². The molecule has 3 rings (SSSR count). The van der Waals surface area contributed by atoms with E-state index < -0.39 is 15.9 Å². The molecule has 0 bridgehead atoms. The predicted molar refractivity (Wildman–Crippen MR) is 122 cm³/mol. The Balaban J connectivity index is 1.73. The lowest BCUT2D eigenvalue weighted by molar-refractivity contribution is -0.122. The number of sulfonamides is 1. The van der Waals surface area contributed by atoms with Gasteiger partial charge in [0.25, 0.3) is 0 Å². The molecular formula is C21H23Cl2N3O4S. The molecule has 0 radical (unpaired) electrons. The molecule has 7 nitrogen and oxygen atoms in total. The summed E-state index contributed by atoms with van der Waals surface area (Å²) >= 11 is 12.0. The molecule has 1 N–H and O–H groups in total. The van der Waals surface area contributed by atoms with Crippen LogP contribution in [0.25, 0.3) is 0 Å². The number of carbonyl (C=O) groups is 2. The molecule has 1 fully saturated rings. The summed E-state index contributed by atoms with van der Waals surface area (Å²) in [5.74, 6) is -1.11. The lowest BCUT2D eigenvalue weighted by atomic mass is 10.1. The Labute approximate surface area is 192 Å². The molecule has 0 aromatic heterocycles. The third-order valence-corrected chi connectivity index (χ3v) is 7.80. The fraction of sp³-hybridized carbons (Fsp3) is 0.333. The molecule has 1 aliphatic heterocycles. The number of nitrogens with zero attached hydrogens (tertiary/aromatic N) is 2. The first-order valence-electron chi connectivity index (χ1n) is 9.83. The van der Waals surface area contributed by atoms with Crippen LogP contribution in [0.4, 0.5) is 11.4 Å². The first-order chi connectivity index (χ1) is 14.7. The number of carbonyl (C=O) groups excluding carboxylic acids is 2. The second kappa shape index (κ2) is 9.56. The zero-order valence-corrected chi connectivity index (χ0v) is 19.5. The van der Waals surface area contributed by atoms with E-state index in [0.717, 1.165) is 0 Å². The van der Waals surface area contributed by atoms with E-state index in [0.29, 0.717) is 34.5 Å². The Morgan fingerprint density at radius 2 is 1.77 bits per heavy atom. The molecule has 1 heterocycles. The van der Waals surface area contributed by atoms with Gasteiger partial charge in [0.1, 0.15) is 0 Å². The van der Waals surface area contributed by atoms with Crippen LogP contribution in [0.1, 0.15) is 20.3 Å². The topological polar surface area (TPSA) is 86.8 Å². The highest BCUT2D eigenvalue weighted by Gasteiger charge is 2.35. The van der Waals surface area contributed by atoms with Crippen LogP contribution < -0.4 is 10.2 Å². The highest BCUT2D eigenvalue weighted by molar-refractivity contribution is 7.89. The van der Waals surface area contributed by atoms with Gasteiger partial charge in [-0.25, -0.2) is 8.42 Å². The van der Waals surface area contributed by atoms with E-state index in [1.54, 1.807) is 44.2 Å². The largest absolute Gasteiger partial charge is 0.324 e. The van der Waals surface area contributed by atoms with Crippen LogP contribution in [0, 0.1) is 5.92 Å². The minimum Gasteiger partial charge on any atom is -0.324 e. The smallest absolute Gasteiger partial charge is 0.243 e. The number of anilines is 2. The lowest BCUT2D eigenvalue weighted by Gasteiger charge is -2.20. The minimum atomic E-state index is -3.58. The third kappa shape index (κ3) is 5.03. The molecule has 166 valence electrons. The SMILES string of the molecule is CCN(CC)S(=O)(=O)c1ccc(N2CC(C(=O)Nc3cc(Cl)ccc3Cl)CC2=O)cc1. The summed E-state index contributed by atoms with van der Waals surface area (Å²) in [7, 11) is -3.58. The normalized spacial score (nSPS) is 16.7. The summed E-state index contributed by atoms with van der Waals surface area (Å²) in [5.41, 5.74) is 0.926. The van der Waals surface area contributed by atoms with E-state index in [2.05, 4.69) is 5.32 Å². The summed E-state index contributed by atoms with van der Waals surface area (Å²) in [4.78, 5) is 26.8. The highest BCUT2D eigenvalue weighted by Crippen LogP contribution is 2.30. The van der Waals surface area contributed by atoms with Gasteiger partial charge in [-0.2, -0.15) is 4.31 Å². The van der Waals surface area contributed by atoms with Crippen LogP contribution in [0.3, 0.4) is 0 Å². The van der Waals surface area contributed by atoms with Gasteiger partial charge in [-0.1, -0.05) is 37.0 Å². The Bertz CT molecular complexity index is 1090. The van der Waals surface area contributed by atoms with E-state index in [1.807, 2.05) is 0 Å². The van der Waals surface area contributed by atoms with Crippen molar-refractivity contribution in [2.24, 2.45) is 5.92 Å². The number of rotatable bonds is 7. The van der Waals surface area contributed by atoms with E-state index in [-0.39, 0.29) is 29.7 Å². The van der Waals surface area contributed by atoms with Crippen molar-refractivity contribution in [3.05, 3.63) is 52.5 Å². The van der Waals surface area contributed by atoms with Gasteiger partial charge < -0.3 is 10.2 Å². The molecule has 31 heavy (non-hydrogen) atoms. The molecule has 1 atom stereocenters. The van der Waals surface area contributed by atoms with Crippen LogP contribution in [-0.4, -0.2) is 44.2 Å². The first-order valence-corrected chi connectivity index (χ1v) is 12.0. The molecular weight excluding hydrogens is 461 g/mol. The highest BCUT2D eigenvalue weighted by atomic mass is 35.5. The van der Waals surface area contributed by atoms with Crippen LogP contribution in [0.5, 0.6) is 0 Å². The third-order valence-electron chi connectivity index (χ3n) is 5.17. The monoisotopic (exact) mass is 483 g/mol. The number of hydrogen-bond acceptors (Lipinski definition) is 4. The van der Waals surface area contributed by atoms with Crippen LogP contribution in [-0.2, 0) is 19.6 Å². The zero-order valence-electron chi connectivity index (χ0n) is 17.1. The Hall–Kier alpha value is -2.13. The van der Waals surface area contributed by atoms with Crippen LogP contribution in [0.2, 0.25) is 10.0 Å². The maximum atomic E-state index is 12.7. The summed E-state index contributed by atoms with van der Waals surface area (Å²) < 4.78 is 26.6. The van der Waals surface area contributed by atoms with Gasteiger partial charge in [0, 0.05) is 36.8 Å². The van der Waals surface area contributed by atoms with Gasteiger partial charge in [0.15, 0.2) is 0 Å². The second-order valence-electron chi connectivity index (χ2n) is 7.10. The van der Waals surface area contributed by atoms with Gasteiger partial charge in [0.2, 0.25) is 21.8 Å². The average Bonchev–Trinajstić information content (AvgIpc) is 3.13. The zero-order chi connectivity index (χ0) is 22.8. The Morgan fingerprint density at radius 1 is 1.13 bits per heavy atom. The Morgan fingerprint density at radius 3 is 2.39 bits per heavy atom. The number of amides is 2. The molecule has 10 heteroatoms. The van der Waals surface area contributed by atoms with Crippen molar-refractivity contribution in [3.63, 3.8) is 0 Å². The average molecular weight is 484 g/mol. The molecule has 0 aliphatic carbocycles. The number of hydrogen-bond donors (Lipinski definition) is 1. The maximum absolute atomic E-state index is 12.7. The van der Waals surface area contributed by atoms with Crippen LogP contribution >= 0.6 is 23.2 Å². The standard InChI is InChI=1S/C21H23Cl2N3O4S/c1-3-25(4-2)31(29,30)17-8-6-16(7-9-17)26-13-14(11-20(26)27)21(28)24-19-12-15(22)5-10-18(19)23/h5-10,12,14H,3-4,11,13H2,1-2H3,(H,24,28). The van der Waals surface area contributed by atoms with Crippen molar-refractivity contribution in [2.75, 3.05) is 29.9 Å². The number of halogens is 2. The fourth-order valence-corrected chi connectivity index (χ4v) is 5.27. The van der Waals surface area contributed by atoms with Gasteiger partial charge in [-0.15, -0.1) is 0 Å². The van der Waals surface area contributed by atoms with Crippen molar-refractivity contribution in [1.82, 2.24) is 4.31 Å². The minimum absolute atomic E-state index is 0.0452. The first kappa shape index (κ1) is 23.5. The summed E-state index contributed by atoms with van der Waals surface area (Å²) in [5, 5.41) is 3.51. The molecule has 2 aromatic rings. The molecule has 0 saturated carbocycles. The molecule has 1 aliphatic rings. The second-order valence-corrected chi connectivity index (χ2v) is 9.88. The number of benzene rings is 2. The Kier molecular flexibility index (Phi) is 7.26. The quantitative estimate of drug-likeness (QED) is 0.644. The summed E-state index contributed by atoms with van der Waals surface area (Å²) in [6, 6.07) is 10.9. The van der Waals surface area contributed by atoms with Crippen molar-refractivity contribution in [2.45, 2.75) is 25.2 Å².